The number of primary amides is 1. The van der Waals surface area contributed by atoms with Gasteiger partial charge in [0.1, 0.15) is 5.82 Å². The molecular formula is C14H12ClFN2O. The molecule has 0 saturated carbocycles. The molecule has 0 saturated heterocycles. The van der Waals surface area contributed by atoms with Crippen LogP contribution in [0.2, 0.25) is 5.02 Å². The molecule has 0 spiro atoms. The molecule has 0 fully saturated rings. The van der Waals surface area contributed by atoms with Crippen LogP contribution in [0.25, 0.3) is 0 Å². The van der Waals surface area contributed by atoms with E-state index in [0.717, 1.165) is 5.56 Å². The van der Waals surface area contributed by atoms with Gasteiger partial charge in [0.05, 0.1) is 0 Å². The number of rotatable bonds is 4. The van der Waals surface area contributed by atoms with Crippen LogP contribution in [-0.4, -0.2) is 5.91 Å². The Hall–Kier alpha value is -2.07. The third-order valence-electron chi connectivity index (χ3n) is 2.65. The second-order valence-electron chi connectivity index (χ2n) is 4.03. The van der Waals surface area contributed by atoms with Crippen molar-refractivity contribution in [2.75, 3.05) is 5.32 Å². The Morgan fingerprint density at radius 2 is 2.05 bits per heavy atom. The van der Waals surface area contributed by atoms with E-state index in [1.807, 2.05) is 0 Å². The first-order valence-corrected chi connectivity index (χ1v) is 6.02. The van der Waals surface area contributed by atoms with Gasteiger partial charge in [0.2, 0.25) is 5.91 Å². The highest BCUT2D eigenvalue weighted by Crippen LogP contribution is 2.19. The Balaban J connectivity index is 2.10. The summed E-state index contributed by atoms with van der Waals surface area (Å²) in [7, 11) is 0. The van der Waals surface area contributed by atoms with E-state index in [1.165, 1.54) is 18.2 Å². The highest BCUT2D eigenvalue weighted by Gasteiger charge is 2.05. The lowest BCUT2D eigenvalue weighted by atomic mass is 10.1. The molecule has 3 N–H and O–H groups in total. The first-order chi connectivity index (χ1) is 9.06. The molecule has 0 unspecified atom stereocenters. The summed E-state index contributed by atoms with van der Waals surface area (Å²) < 4.78 is 13.0. The van der Waals surface area contributed by atoms with E-state index in [0.29, 0.717) is 22.8 Å². The topological polar surface area (TPSA) is 55.1 Å². The van der Waals surface area contributed by atoms with E-state index in [2.05, 4.69) is 5.32 Å². The number of halogens is 2. The Morgan fingerprint density at radius 1 is 1.26 bits per heavy atom. The summed E-state index contributed by atoms with van der Waals surface area (Å²) in [5.41, 5.74) is 6.98. The lowest BCUT2D eigenvalue weighted by molar-refractivity contribution is 0.100. The van der Waals surface area contributed by atoms with Gasteiger partial charge in [-0.25, -0.2) is 4.39 Å². The van der Waals surface area contributed by atoms with Crippen LogP contribution in [0.4, 0.5) is 10.1 Å². The van der Waals surface area contributed by atoms with Gasteiger partial charge in [-0.1, -0.05) is 23.7 Å². The second kappa shape index (κ2) is 5.71. The molecule has 0 atom stereocenters. The van der Waals surface area contributed by atoms with Gasteiger partial charge in [0.15, 0.2) is 0 Å². The molecular weight excluding hydrogens is 267 g/mol. The molecule has 0 bridgehead atoms. The first kappa shape index (κ1) is 13.4. The highest BCUT2D eigenvalue weighted by molar-refractivity contribution is 6.31. The van der Waals surface area contributed by atoms with Crippen LogP contribution < -0.4 is 11.1 Å². The normalized spacial score (nSPS) is 10.2. The van der Waals surface area contributed by atoms with Gasteiger partial charge < -0.3 is 11.1 Å². The van der Waals surface area contributed by atoms with Gasteiger partial charge in [-0.2, -0.15) is 0 Å². The van der Waals surface area contributed by atoms with Crippen molar-refractivity contribution in [3.8, 4) is 0 Å². The number of anilines is 1. The number of benzene rings is 2. The van der Waals surface area contributed by atoms with Crippen LogP contribution >= 0.6 is 11.6 Å². The van der Waals surface area contributed by atoms with Gasteiger partial charge in [-0.3, -0.25) is 4.79 Å². The number of hydrogen-bond donors (Lipinski definition) is 2. The summed E-state index contributed by atoms with van der Waals surface area (Å²) in [6, 6.07) is 11.0. The van der Waals surface area contributed by atoms with Gasteiger partial charge in [0, 0.05) is 22.8 Å². The van der Waals surface area contributed by atoms with Gasteiger partial charge in [0.25, 0.3) is 0 Å². The van der Waals surface area contributed by atoms with Crippen molar-refractivity contribution in [3.63, 3.8) is 0 Å². The molecule has 0 aromatic heterocycles. The quantitative estimate of drug-likeness (QED) is 0.902. The van der Waals surface area contributed by atoms with Crippen molar-refractivity contribution in [1.82, 2.24) is 0 Å². The molecule has 1 amide bonds. The van der Waals surface area contributed by atoms with E-state index in [1.54, 1.807) is 24.3 Å². The zero-order chi connectivity index (χ0) is 13.8. The summed E-state index contributed by atoms with van der Waals surface area (Å²) in [4.78, 5) is 11.0. The smallest absolute Gasteiger partial charge is 0.248 e. The molecule has 0 aliphatic rings. The second-order valence-corrected chi connectivity index (χ2v) is 4.44. The lowest BCUT2D eigenvalue weighted by Gasteiger charge is -2.09. The summed E-state index contributed by atoms with van der Waals surface area (Å²) in [6.07, 6.45) is 0. The number of carbonyl (C=O) groups is 1. The largest absolute Gasteiger partial charge is 0.381 e. The fourth-order valence-corrected chi connectivity index (χ4v) is 1.89. The number of hydrogen-bond acceptors (Lipinski definition) is 2. The Morgan fingerprint density at radius 3 is 2.68 bits per heavy atom. The molecule has 2 aromatic rings. The maximum Gasteiger partial charge on any atom is 0.248 e. The molecule has 19 heavy (non-hydrogen) atoms. The van der Waals surface area contributed by atoms with Crippen molar-refractivity contribution in [2.45, 2.75) is 6.54 Å². The van der Waals surface area contributed by atoms with E-state index in [4.69, 9.17) is 17.3 Å². The Bertz CT molecular complexity index is 616. The highest BCUT2D eigenvalue weighted by atomic mass is 35.5. The number of nitrogens with one attached hydrogen (secondary N) is 1. The molecule has 0 heterocycles. The number of carbonyl (C=O) groups excluding carboxylic acids is 1. The van der Waals surface area contributed by atoms with Gasteiger partial charge in [-0.15, -0.1) is 0 Å². The molecule has 0 aliphatic carbocycles. The molecule has 5 heteroatoms. The van der Waals surface area contributed by atoms with Gasteiger partial charge >= 0.3 is 0 Å². The minimum Gasteiger partial charge on any atom is -0.381 e. The first-order valence-electron chi connectivity index (χ1n) is 5.64. The number of nitrogens with two attached hydrogens (primary N) is 1. The molecule has 2 aromatic carbocycles. The minimum absolute atomic E-state index is 0.305. The van der Waals surface area contributed by atoms with Crippen LogP contribution in [0.5, 0.6) is 0 Å². The summed E-state index contributed by atoms with van der Waals surface area (Å²) in [5, 5.41) is 3.50. The Labute approximate surface area is 115 Å². The fourth-order valence-electron chi connectivity index (χ4n) is 1.64. The lowest BCUT2D eigenvalue weighted by Crippen LogP contribution is -2.11. The van der Waals surface area contributed by atoms with Gasteiger partial charge in [-0.05, 0) is 35.9 Å². The molecule has 3 nitrogen and oxygen atoms in total. The van der Waals surface area contributed by atoms with Crippen LogP contribution in [0.1, 0.15) is 15.9 Å². The zero-order valence-electron chi connectivity index (χ0n) is 9.99. The minimum atomic E-state index is -0.522. The maximum atomic E-state index is 13.0. The van der Waals surface area contributed by atoms with Crippen LogP contribution in [0.3, 0.4) is 0 Å². The SMILES string of the molecule is NC(=O)c1ccc(CNc2cccc(F)c2)c(Cl)c1. The van der Waals surface area contributed by atoms with Crippen LogP contribution in [-0.2, 0) is 6.54 Å². The van der Waals surface area contributed by atoms with Crippen LogP contribution in [0, 0.1) is 5.82 Å². The van der Waals surface area contributed by atoms with Crippen molar-refractivity contribution < 1.29 is 9.18 Å². The summed E-state index contributed by atoms with van der Waals surface area (Å²) >= 11 is 6.05. The van der Waals surface area contributed by atoms with E-state index in [9.17, 15) is 9.18 Å². The molecule has 98 valence electrons. The summed E-state index contributed by atoms with van der Waals surface area (Å²) in [5.74, 6) is -0.827. The van der Waals surface area contributed by atoms with Crippen molar-refractivity contribution in [2.24, 2.45) is 5.73 Å². The molecule has 0 aliphatic heterocycles. The zero-order valence-corrected chi connectivity index (χ0v) is 10.7. The molecule has 0 radical (unpaired) electrons. The van der Waals surface area contributed by atoms with Crippen molar-refractivity contribution in [1.29, 1.82) is 0 Å². The third-order valence-corrected chi connectivity index (χ3v) is 3.00. The van der Waals surface area contributed by atoms with Crippen LogP contribution in [0.15, 0.2) is 42.5 Å². The monoisotopic (exact) mass is 278 g/mol. The average Bonchev–Trinajstić information content (AvgIpc) is 2.37. The third kappa shape index (κ3) is 3.45. The van der Waals surface area contributed by atoms with E-state index in [-0.39, 0.29) is 5.82 Å². The van der Waals surface area contributed by atoms with E-state index < -0.39 is 5.91 Å². The predicted molar refractivity (Wildman–Crippen MR) is 73.7 cm³/mol. The van der Waals surface area contributed by atoms with Crippen molar-refractivity contribution in [3.05, 3.63) is 64.4 Å². The summed E-state index contributed by atoms with van der Waals surface area (Å²) in [6.45, 7) is 0.432. The standard InChI is InChI=1S/C14H12ClFN2O/c15-13-6-9(14(17)19)4-5-10(13)8-18-12-3-1-2-11(16)7-12/h1-7,18H,8H2,(H2,17,19). The van der Waals surface area contributed by atoms with E-state index >= 15 is 0 Å². The maximum absolute atomic E-state index is 13.0. The average molecular weight is 279 g/mol. The predicted octanol–water partition coefficient (Wildman–Crippen LogP) is 3.19. The molecule has 2 rings (SSSR count). The Kier molecular flexibility index (Phi) is 4.02. The van der Waals surface area contributed by atoms with Crippen molar-refractivity contribution >= 4 is 23.2 Å². The number of amides is 1. The fraction of sp³-hybridized carbons (Fsp3) is 0.0714.